The molecule has 2 N–H and O–H groups in total. The lowest BCUT2D eigenvalue weighted by molar-refractivity contribution is -0.115. The van der Waals surface area contributed by atoms with Gasteiger partial charge in [0.1, 0.15) is 11.6 Å². The number of amides is 1. The van der Waals surface area contributed by atoms with Gasteiger partial charge in [-0.05, 0) is 24.3 Å². The zero-order chi connectivity index (χ0) is 14.0. The summed E-state index contributed by atoms with van der Waals surface area (Å²) < 4.78 is 13.1. The van der Waals surface area contributed by atoms with Crippen LogP contribution in [0, 0.1) is 5.82 Å². The van der Waals surface area contributed by atoms with E-state index < -0.39 is 5.82 Å². The molecule has 1 heterocycles. The summed E-state index contributed by atoms with van der Waals surface area (Å²) in [4.78, 5) is 17.1. The van der Waals surface area contributed by atoms with Crippen LogP contribution < -0.4 is 10.6 Å². The Hall–Kier alpha value is -2.14. The fraction of sp³-hybridized carbons (Fsp3) is 0.0769. The fourth-order valence-corrected chi connectivity index (χ4v) is 1.93. The quantitative estimate of drug-likeness (QED) is 0.919. The van der Waals surface area contributed by atoms with Crippen molar-refractivity contribution in [1.82, 2.24) is 4.98 Å². The van der Waals surface area contributed by atoms with Crippen LogP contribution in [0.5, 0.6) is 0 Å². The molecule has 0 bridgehead atoms. The summed E-state index contributed by atoms with van der Waals surface area (Å²) in [5, 5.41) is 0.124. The van der Waals surface area contributed by atoms with Crippen LogP contribution in [0.25, 0.3) is 0 Å². The molecular formula is C13H11ClFN3O. The van der Waals surface area contributed by atoms with Gasteiger partial charge in [0.05, 0.1) is 10.7 Å². The third-order valence-electron chi connectivity index (χ3n) is 2.46. The smallest absolute Gasteiger partial charge is 0.229 e. The summed E-state index contributed by atoms with van der Waals surface area (Å²) in [7, 11) is 0. The van der Waals surface area contributed by atoms with E-state index in [1.54, 1.807) is 12.1 Å². The summed E-state index contributed by atoms with van der Waals surface area (Å²) in [5.41, 5.74) is 6.49. The summed E-state index contributed by atoms with van der Waals surface area (Å²) in [5.74, 6) is -0.439. The van der Waals surface area contributed by atoms with Crippen LogP contribution in [0.3, 0.4) is 0 Å². The molecule has 0 aliphatic carbocycles. The minimum Gasteiger partial charge on any atom is -0.399 e. The Morgan fingerprint density at radius 3 is 2.68 bits per heavy atom. The van der Waals surface area contributed by atoms with E-state index in [0.29, 0.717) is 17.2 Å². The number of carbonyl (C=O) groups is 1. The predicted molar refractivity (Wildman–Crippen MR) is 72.9 cm³/mol. The summed E-state index contributed by atoms with van der Waals surface area (Å²) in [6, 6.07) is 6.93. The highest BCUT2D eigenvalue weighted by Crippen LogP contribution is 2.32. The van der Waals surface area contributed by atoms with Gasteiger partial charge in [0, 0.05) is 24.9 Å². The SMILES string of the molecule is CC(=O)N(c1cc(N)ccn1)c1ccc(F)cc1Cl. The van der Waals surface area contributed by atoms with E-state index in [2.05, 4.69) is 4.98 Å². The minimum absolute atomic E-state index is 0.124. The first kappa shape index (κ1) is 13.3. The van der Waals surface area contributed by atoms with Crippen molar-refractivity contribution in [3.05, 3.63) is 47.4 Å². The molecule has 0 saturated heterocycles. The molecule has 0 fully saturated rings. The van der Waals surface area contributed by atoms with Gasteiger partial charge in [0.2, 0.25) is 5.91 Å². The van der Waals surface area contributed by atoms with Crippen LogP contribution in [0.4, 0.5) is 21.6 Å². The number of hydrogen-bond donors (Lipinski definition) is 1. The average molecular weight is 280 g/mol. The van der Waals surface area contributed by atoms with E-state index in [1.807, 2.05) is 0 Å². The molecule has 19 heavy (non-hydrogen) atoms. The number of nitrogen functional groups attached to an aromatic ring is 1. The number of halogens is 2. The minimum atomic E-state index is -0.474. The molecular weight excluding hydrogens is 269 g/mol. The lowest BCUT2D eigenvalue weighted by atomic mass is 10.2. The highest BCUT2D eigenvalue weighted by Gasteiger charge is 2.18. The van der Waals surface area contributed by atoms with Gasteiger partial charge in [-0.25, -0.2) is 9.37 Å². The highest BCUT2D eigenvalue weighted by molar-refractivity contribution is 6.34. The molecule has 98 valence electrons. The van der Waals surface area contributed by atoms with Crippen molar-refractivity contribution >= 4 is 34.7 Å². The summed E-state index contributed by atoms with van der Waals surface area (Å²) in [6.45, 7) is 1.37. The Morgan fingerprint density at radius 1 is 1.37 bits per heavy atom. The Balaban J connectivity index is 2.55. The maximum absolute atomic E-state index is 13.1. The van der Waals surface area contributed by atoms with Gasteiger partial charge < -0.3 is 5.73 Å². The van der Waals surface area contributed by atoms with Crippen LogP contribution in [0.15, 0.2) is 36.5 Å². The summed E-state index contributed by atoms with van der Waals surface area (Å²) >= 11 is 5.97. The van der Waals surface area contributed by atoms with Gasteiger partial charge in [0.15, 0.2) is 0 Å². The van der Waals surface area contributed by atoms with Gasteiger partial charge in [-0.1, -0.05) is 11.6 Å². The molecule has 0 aliphatic rings. The number of nitrogens with two attached hydrogens (primary N) is 1. The van der Waals surface area contributed by atoms with Crippen molar-refractivity contribution in [3.8, 4) is 0 Å². The third-order valence-corrected chi connectivity index (χ3v) is 2.77. The highest BCUT2D eigenvalue weighted by atomic mass is 35.5. The van der Waals surface area contributed by atoms with Crippen LogP contribution in [0.1, 0.15) is 6.92 Å². The maximum Gasteiger partial charge on any atom is 0.229 e. The second-order valence-electron chi connectivity index (χ2n) is 3.90. The Morgan fingerprint density at radius 2 is 2.11 bits per heavy atom. The first-order valence-corrected chi connectivity index (χ1v) is 5.84. The first-order chi connectivity index (χ1) is 8.99. The predicted octanol–water partition coefficient (Wildman–Crippen LogP) is 3.14. The number of hydrogen-bond acceptors (Lipinski definition) is 3. The molecule has 2 aromatic rings. The summed E-state index contributed by atoms with van der Waals surface area (Å²) in [6.07, 6.45) is 1.48. The molecule has 1 aromatic heterocycles. The molecule has 0 spiro atoms. The van der Waals surface area contributed by atoms with Gasteiger partial charge in [-0.2, -0.15) is 0 Å². The molecule has 1 aromatic carbocycles. The van der Waals surface area contributed by atoms with Crippen LogP contribution in [0.2, 0.25) is 5.02 Å². The number of aromatic nitrogens is 1. The van der Waals surface area contributed by atoms with E-state index in [1.165, 1.54) is 30.2 Å². The van der Waals surface area contributed by atoms with Crippen LogP contribution in [-0.2, 0) is 4.79 Å². The number of benzene rings is 1. The molecule has 1 amide bonds. The van der Waals surface area contributed by atoms with E-state index in [0.717, 1.165) is 6.07 Å². The van der Waals surface area contributed by atoms with Crippen molar-refractivity contribution in [2.75, 3.05) is 10.6 Å². The Bertz CT molecular complexity index is 633. The molecule has 0 aliphatic heterocycles. The number of nitrogens with zero attached hydrogens (tertiary/aromatic N) is 2. The topological polar surface area (TPSA) is 59.2 Å². The maximum atomic E-state index is 13.1. The van der Waals surface area contributed by atoms with E-state index >= 15 is 0 Å². The molecule has 2 rings (SSSR count). The normalized spacial score (nSPS) is 10.3. The van der Waals surface area contributed by atoms with Gasteiger partial charge in [-0.15, -0.1) is 0 Å². The molecule has 6 heteroatoms. The molecule has 0 saturated carbocycles. The lowest BCUT2D eigenvalue weighted by Gasteiger charge is -2.21. The Labute approximate surface area is 114 Å². The zero-order valence-corrected chi connectivity index (χ0v) is 10.9. The monoisotopic (exact) mass is 279 g/mol. The van der Waals surface area contributed by atoms with Crippen molar-refractivity contribution in [2.45, 2.75) is 6.92 Å². The molecule has 0 unspecified atom stereocenters. The first-order valence-electron chi connectivity index (χ1n) is 5.46. The van der Waals surface area contributed by atoms with Crippen LogP contribution >= 0.6 is 11.6 Å². The zero-order valence-electron chi connectivity index (χ0n) is 10.1. The standard InChI is InChI=1S/C13H11ClFN3O/c1-8(19)18(13-7-10(16)4-5-17-13)12-3-2-9(15)6-11(12)14/h2-7H,1H3,(H2,16,17). The number of carbonyl (C=O) groups excluding carboxylic acids is 1. The third kappa shape index (κ3) is 2.82. The van der Waals surface area contributed by atoms with Gasteiger partial charge in [0.25, 0.3) is 0 Å². The fourth-order valence-electron chi connectivity index (χ4n) is 1.67. The second-order valence-corrected chi connectivity index (χ2v) is 4.30. The number of anilines is 3. The van der Waals surface area contributed by atoms with Crippen molar-refractivity contribution in [1.29, 1.82) is 0 Å². The van der Waals surface area contributed by atoms with Gasteiger partial charge >= 0.3 is 0 Å². The number of pyridine rings is 1. The van der Waals surface area contributed by atoms with Crippen molar-refractivity contribution < 1.29 is 9.18 Å². The second kappa shape index (κ2) is 5.24. The van der Waals surface area contributed by atoms with E-state index in [-0.39, 0.29) is 10.9 Å². The van der Waals surface area contributed by atoms with E-state index in [9.17, 15) is 9.18 Å². The van der Waals surface area contributed by atoms with Crippen molar-refractivity contribution in [3.63, 3.8) is 0 Å². The average Bonchev–Trinajstić information content (AvgIpc) is 2.32. The Kier molecular flexibility index (Phi) is 3.66. The lowest BCUT2D eigenvalue weighted by Crippen LogP contribution is -2.24. The van der Waals surface area contributed by atoms with Gasteiger partial charge in [-0.3, -0.25) is 9.69 Å². The molecule has 0 atom stereocenters. The number of rotatable bonds is 2. The molecule has 0 radical (unpaired) electrons. The largest absolute Gasteiger partial charge is 0.399 e. The van der Waals surface area contributed by atoms with Crippen LogP contribution in [-0.4, -0.2) is 10.9 Å². The molecule has 4 nitrogen and oxygen atoms in total. The van der Waals surface area contributed by atoms with E-state index in [4.69, 9.17) is 17.3 Å². The van der Waals surface area contributed by atoms with Crippen molar-refractivity contribution in [2.24, 2.45) is 0 Å².